The van der Waals surface area contributed by atoms with Crippen LogP contribution in [0.3, 0.4) is 0 Å². The lowest BCUT2D eigenvalue weighted by Crippen LogP contribution is -2.48. The second-order valence-electron chi connectivity index (χ2n) is 6.48. The largest absolute Gasteiger partial charge is 0.352 e. The molecule has 114 valence electrons. The molecule has 0 bridgehead atoms. The summed E-state index contributed by atoms with van der Waals surface area (Å²) in [6.45, 7) is 8.08. The summed E-state index contributed by atoms with van der Waals surface area (Å²) >= 11 is 0. The molecule has 1 aromatic carbocycles. The minimum Gasteiger partial charge on any atom is -0.352 e. The molecule has 3 N–H and O–H groups in total. The third-order valence-electron chi connectivity index (χ3n) is 3.52. The molecule has 21 heavy (non-hydrogen) atoms. The molecule has 1 aliphatic rings. The molecule has 1 aromatic rings. The Morgan fingerprint density at radius 3 is 2.48 bits per heavy atom. The van der Waals surface area contributed by atoms with Gasteiger partial charge >= 0.3 is 0 Å². The van der Waals surface area contributed by atoms with Crippen molar-refractivity contribution in [1.29, 1.82) is 0 Å². The van der Waals surface area contributed by atoms with Crippen LogP contribution in [0.15, 0.2) is 24.3 Å². The fourth-order valence-corrected chi connectivity index (χ4v) is 1.92. The number of carbonyl (C=O) groups is 2. The van der Waals surface area contributed by atoms with Gasteiger partial charge in [0.1, 0.15) is 0 Å². The van der Waals surface area contributed by atoms with Gasteiger partial charge in [0.25, 0.3) is 5.91 Å². The summed E-state index contributed by atoms with van der Waals surface area (Å²) < 4.78 is 0. The Hall–Kier alpha value is -1.88. The maximum Gasteiger partial charge on any atom is 0.253 e. The molecule has 0 unspecified atom stereocenters. The molecular weight excluding hydrogens is 266 g/mol. The molecule has 1 heterocycles. The molecule has 0 saturated carbocycles. The van der Waals surface area contributed by atoms with Gasteiger partial charge in [-0.3, -0.25) is 9.59 Å². The molecule has 1 saturated heterocycles. The smallest absolute Gasteiger partial charge is 0.253 e. The summed E-state index contributed by atoms with van der Waals surface area (Å²) in [6.07, 6.45) is 0. The van der Waals surface area contributed by atoms with Crippen molar-refractivity contribution in [2.45, 2.75) is 20.8 Å². The summed E-state index contributed by atoms with van der Waals surface area (Å²) in [7, 11) is 0. The molecule has 1 aliphatic heterocycles. The maximum atomic E-state index is 12.3. The molecule has 2 amide bonds. The van der Waals surface area contributed by atoms with E-state index in [1.165, 1.54) is 0 Å². The van der Waals surface area contributed by atoms with E-state index in [0.29, 0.717) is 23.7 Å². The highest BCUT2D eigenvalue weighted by Gasteiger charge is 2.23. The third kappa shape index (κ3) is 4.04. The minimum absolute atomic E-state index is 0.106. The van der Waals surface area contributed by atoms with Crippen LogP contribution in [0.4, 0.5) is 5.69 Å². The Morgan fingerprint density at radius 2 is 1.90 bits per heavy atom. The van der Waals surface area contributed by atoms with Gasteiger partial charge in [-0.1, -0.05) is 32.9 Å². The quantitative estimate of drug-likeness (QED) is 0.789. The van der Waals surface area contributed by atoms with Crippen LogP contribution in [0, 0.1) is 11.3 Å². The Morgan fingerprint density at radius 1 is 1.24 bits per heavy atom. The first-order valence-electron chi connectivity index (χ1n) is 7.27. The van der Waals surface area contributed by atoms with E-state index < -0.39 is 5.41 Å². The van der Waals surface area contributed by atoms with Crippen molar-refractivity contribution in [2.75, 3.05) is 25.0 Å². The summed E-state index contributed by atoms with van der Waals surface area (Å²) in [5.41, 5.74) is 0.560. The van der Waals surface area contributed by atoms with E-state index >= 15 is 0 Å². The lowest BCUT2D eigenvalue weighted by Gasteiger charge is -2.27. The van der Waals surface area contributed by atoms with Gasteiger partial charge in [0, 0.05) is 31.0 Å². The first-order valence-corrected chi connectivity index (χ1v) is 7.27. The molecule has 0 spiro atoms. The lowest BCUT2D eigenvalue weighted by molar-refractivity contribution is -0.123. The van der Waals surface area contributed by atoms with Crippen molar-refractivity contribution < 1.29 is 9.59 Å². The van der Waals surface area contributed by atoms with Gasteiger partial charge in [0.15, 0.2) is 0 Å². The van der Waals surface area contributed by atoms with E-state index in [0.717, 1.165) is 13.1 Å². The molecule has 0 aromatic heterocycles. The van der Waals surface area contributed by atoms with Gasteiger partial charge in [-0.15, -0.1) is 0 Å². The minimum atomic E-state index is -0.499. The summed E-state index contributed by atoms with van der Waals surface area (Å²) in [5.74, 6) is 0.253. The van der Waals surface area contributed by atoms with Crippen LogP contribution in [0.5, 0.6) is 0 Å². The van der Waals surface area contributed by atoms with Gasteiger partial charge in [-0.05, 0) is 12.1 Å². The zero-order chi connectivity index (χ0) is 15.5. The van der Waals surface area contributed by atoms with Gasteiger partial charge in [-0.25, -0.2) is 0 Å². The second kappa shape index (κ2) is 6.26. The number of carbonyl (C=O) groups excluding carboxylic acids is 2. The molecular formula is C16H23N3O2. The number of anilines is 1. The number of benzene rings is 1. The van der Waals surface area contributed by atoms with E-state index in [1.54, 1.807) is 18.2 Å². The lowest BCUT2D eigenvalue weighted by atomic mass is 9.95. The van der Waals surface area contributed by atoms with Crippen LogP contribution in [0.1, 0.15) is 31.1 Å². The van der Waals surface area contributed by atoms with E-state index in [1.807, 2.05) is 26.8 Å². The highest BCUT2D eigenvalue weighted by atomic mass is 16.2. The van der Waals surface area contributed by atoms with Gasteiger partial charge in [0.2, 0.25) is 5.91 Å². The Bertz CT molecular complexity index is 531. The number of hydrogen-bond acceptors (Lipinski definition) is 3. The summed E-state index contributed by atoms with van der Waals surface area (Å²) in [5, 5.41) is 8.93. The van der Waals surface area contributed by atoms with Gasteiger partial charge < -0.3 is 16.0 Å². The van der Waals surface area contributed by atoms with Crippen molar-refractivity contribution >= 4 is 17.5 Å². The molecule has 5 nitrogen and oxygen atoms in total. The number of hydrogen-bond donors (Lipinski definition) is 3. The third-order valence-corrected chi connectivity index (χ3v) is 3.52. The van der Waals surface area contributed by atoms with Crippen LogP contribution in [0.25, 0.3) is 0 Å². The second-order valence-corrected chi connectivity index (χ2v) is 6.48. The fourth-order valence-electron chi connectivity index (χ4n) is 1.92. The van der Waals surface area contributed by atoms with E-state index in [-0.39, 0.29) is 11.8 Å². The molecule has 0 atom stereocenters. The van der Waals surface area contributed by atoms with Crippen LogP contribution >= 0.6 is 0 Å². The molecule has 1 fully saturated rings. The number of amides is 2. The van der Waals surface area contributed by atoms with Crippen molar-refractivity contribution in [3.63, 3.8) is 0 Å². The molecule has 2 rings (SSSR count). The van der Waals surface area contributed by atoms with E-state index in [2.05, 4.69) is 16.0 Å². The van der Waals surface area contributed by atoms with Crippen LogP contribution in [0.2, 0.25) is 0 Å². The number of rotatable bonds is 4. The normalized spacial score (nSPS) is 15.2. The zero-order valence-electron chi connectivity index (χ0n) is 12.8. The summed E-state index contributed by atoms with van der Waals surface area (Å²) in [6, 6.07) is 7.09. The number of nitrogens with one attached hydrogen (secondary N) is 3. The SMILES string of the molecule is CC(C)(C)C(=O)Nc1ccccc1C(=O)NCC1CNC1. The van der Waals surface area contributed by atoms with Crippen molar-refractivity contribution in [2.24, 2.45) is 11.3 Å². The van der Waals surface area contributed by atoms with Gasteiger partial charge in [-0.2, -0.15) is 0 Å². The number of para-hydroxylation sites is 1. The van der Waals surface area contributed by atoms with Crippen LogP contribution < -0.4 is 16.0 Å². The van der Waals surface area contributed by atoms with Crippen molar-refractivity contribution in [1.82, 2.24) is 10.6 Å². The topological polar surface area (TPSA) is 70.2 Å². The summed E-state index contributed by atoms with van der Waals surface area (Å²) in [4.78, 5) is 24.3. The highest BCUT2D eigenvalue weighted by molar-refractivity contribution is 6.04. The van der Waals surface area contributed by atoms with E-state index in [4.69, 9.17) is 0 Å². The van der Waals surface area contributed by atoms with Gasteiger partial charge in [0.05, 0.1) is 11.3 Å². The molecule has 5 heteroatoms. The van der Waals surface area contributed by atoms with Crippen LogP contribution in [-0.2, 0) is 4.79 Å². The maximum absolute atomic E-state index is 12.3. The Labute approximate surface area is 125 Å². The zero-order valence-corrected chi connectivity index (χ0v) is 12.8. The average molecular weight is 289 g/mol. The fraction of sp³-hybridized carbons (Fsp3) is 0.500. The Kier molecular flexibility index (Phi) is 4.63. The van der Waals surface area contributed by atoms with Crippen molar-refractivity contribution in [3.05, 3.63) is 29.8 Å². The standard InChI is InChI=1S/C16H23N3O2/c1-16(2,3)15(21)19-13-7-5-4-6-12(13)14(20)18-10-11-8-17-9-11/h4-7,11,17H,8-10H2,1-3H3,(H,18,20)(H,19,21). The monoisotopic (exact) mass is 289 g/mol. The predicted molar refractivity (Wildman–Crippen MR) is 83.2 cm³/mol. The first kappa shape index (κ1) is 15.5. The van der Waals surface area contributed by atoms with Crippen molar-refractivity contribution in [3.8, 4) is 0 Å². The predicted octanol–water partition coefficient (Wildman–Crippen LogP) is 1.62. The average Bonchev–Trinajstić information content (AvgIpc) is 2.36. The Balaban J connectivity index is 2.04. The van der Waals surface area contributed by atoms with E-state index in [9.17, 15) is 9.59 Å². The van der Waals surface area contributed by atoms with Crippen LogP contribution in [-0.4, -0.2) is 31.4 Å². The molecule has 0 radical (unpaired) electrons. The highest BCUT2D eigenvalue weighted by Crippen LogP contribution is 2.20. The first-order chi connectivity index (χ1) is 9.88. The molecule has 0 aliphatic carbocycles.